The van der Waals surface area contributed by atoms with Gasteiger partial charge in [0, 0.05) is 32.7 Å². The smallest absolute Gasteiger partial charge is 0.246 e. The molecular formula is C19H20N2O2. The predicted molar refractivity (Wildman–Crippen MR) is 93.9 cm³/mol. The summed E-state index contributed by atoms with van der Waals surface area (Å²) in [7, 11) is 3.39. The highest BCUT2D eigenvalue weighted by Crippen LogP contribution is 2.31. The van der Waals surface area contributed by atoms with Crippen molar-refractivity contribution in [1.82, 2.24) is 4.90 Å². The van der Waals surface area contributed by atoms with Crippen LogP contribution < -0.4 is 5.32 Å². The fourth-order valence-electron chi connectivity index (χ4n) is 2.19. The molecule has 0 fully saturated rings. The van der Waals surface area contributed by atoms with Crippen molar-refractivity contribution in [2.24, 2.45) is 0 Å². The van der Waals surface area contributed by atoms with Gasteiger partial charge >= 0.3 is 0 Å². The first kappa shape index (κ1) is 16.5. The molecule has 0 aliphatic rings. The minimum atomic E-state index is -0.151. The second-order valence-corrected chi connectivity index (χ2v) is 5.38. The Labute approximate surface area is 136 Å². The summed E-state index contributed by atoms with van der Waals surface area (Å²) in [6.07, 6.45) is 3.22. The van der Waals surface area contributed by atoms with E-state index in [0.717, 1.165) is 16.7 Å². The minimum Gasteiger partial charge on any atom is -0.345 e. The van der Waals surface area contributed by atoms with E-state index in [1.807, 2.05) is 48.5 Å². The maximum absolute atomic E-state index is 11.8. The van der Waals surface area contributed by atoms with E-state index in [1.165, 1.54) is 17.9 Å². The highest BCUT2D eigenvalue weighted by molar-refractivity contribution is 5.99. The van der Waals surface area contributed by atoms with Crippen LogP contribution in [0.2, 0.25) is 0 Å². The maximum atomic E-state index is 11.8. The molecule has 0 unspecified atom stereocenters. The highest BCUT2D eigenvalue weighted by Gasteiger charge is 2.10. The van der Waals surface area contributed by atoms with Crippen molar-refractivity contribution in [3.05, 3.63) is 60.2 Å². The zero-order valence-corrected chi connectivity index (χ0v) is 13.5. The fraction of sp³-hybridized carbons (Fsp3) is 0.158. The molecule has 4 heteroatoms. The van der Waals surface area contributed by atoms with Gasteiger partial charge in [0.15, 0.2) is 0 Å². The van der Waals surface area contributed by atoms with E-state index in [9.17, 15) is 9.59 Å². The van der Waals surface area contributed by atoms with Crippen LogP contribution in [0.3, 0.4) is 0 Å². The molecule has 118 valence electrons. The van der Waals surface area contributed by atoms with Gasteiger partial charge in [-0.3, -0.25) is 9.59 Å². The highest BCUT2D eigenvalue weighted by atomic mass is 16.2. The summed E-state index contributed by atoms with van der Waals surface area (Å²) in [5, 5.41) is 2.88. The summed E-state index contributed by atoms with van der Waals surface area (Å²) in [5.41, 5.74) is 3.41. The molecule has 2 amide bonds. The van der Waals surface area contributed by atoms with Gasteiger partial charge in [-0.2, -0.15) is 0 Å². The number of hydrogen-bond donors (Lipinski definition) is 1. The molecule has 2 aromatic rings. The number of anilines is 1. The van der Waals surface area contributed by atoms with E-state index in [-0.39, 0.29) is 11.8 Å². The summed E-state index contributed by atoms with van der Waals surface area (Å²) >= 11 is 0. The van der Waals surface area contributed by atoms with Crippen LogP contribution in [0.5, 0.6) is 0 Å². The number of amides is 2. The number of rotatable bonds is 4. The zero-order chi connectivity index (χ0) is 16.8. The second-order valence-electron chi connectivity index (χ2n) is 5.38. The molecular weight excluding hydrogens is 288 g/mol. The Balaban J connectivity index is 2.50. The topological polar surface area (TPSA) is 49.4 Å². The number of para-hydroxylation sites is 1. The van der Waals surface area contributed by atoms with Crippen LogP contribution in [-0.2, 0) is 9.59 Å². The van der Waals surface area contributed by atoms with Gasteiger partial charge in [-0.25, -0.2) is 0 Å². The summed E-state index contributed by atoms with van der Waals surface area (Å²) in [5.74, 6) is -0.258. The number of benzene rings is 2. The number of likely N-dealkylation sites (N-methyl/N-ethyl adjacent to an activating group) is 1. The molecule has 4 nitrogen and oxygen atoms in total. The van der Waals surface area contributed by atoms with Gasteiger partial charge in [0.25, 0.3) is 0 Å². The Bertz CT molecular complexity index is 734. The first-order chi connectivity index (χ1) is 11.0. The van der Waals surface area contributed by atoms with Crippen LogP contribution in [-0.4, -0.2) is 30.8 Å². The number of hydrogen-bond acceptors (Lipinski definition) is 2. The lowest BCUT2D eigenvalue weighted by atomic mass is 9.99. The normalized spacial score (nSPS) is 10.6. The van der Waals surface area contributed by atoms with Gasteiger partial charge < -0.3 is 10.2 Å². The summed E-state index contributed by atoms with van der Waals surface area (Å²) in [6.45, 7) is 1.47. The van der Waals surface area contributed by atoms with Crippen LogP contribution in [0.4, 0.5) is 5.69 Å². The number of nitrogens with zero attached hydrogens (tertiary/aromatic N) is 1. The van der Waals surface area contributed by atoms with E-state index >= 15 is 0 Å². The quantitative estimate of drug-likeness (QED) is 0.880. The van der Waals surface area contributed by atoms with E-state index < -0.39 is 0 Å². The lowest BCUT2D eigenvalue weighted by Gasteiger charge is -2.14. The Morgan fingerprint density at radius 1 is 1.00 bits per heavy atom. The average Bonchev–Trinajstić information content (AvgIpc) is 2.53. The molecule has 0 atom stereocenters. The van der Waals surface area contributed by atoms with E-state index in [0.29, 0.717) is 5.69 Å². The third-order valence-electron chi connectivity index (χ3n) is 3.33. The molecule has 0 aromatic heterocycles. The molecule has 2 rings (SSSR count). The number of carbonyl (C=O) groups excluding carboxylic acids is 2. The summed E-state index contributed by atoms with van der Waals surface area (Å²) in [4.78, 5) is 24.8. The molecule has 0 bridgehead atoms. The van der Waals surface area contributed by atoms with Crippen molar-refractivity contribution < 1.29 is 9.59 Å². The van der Waals surface area contributed by atoms with E-state index in [4.69, 9.17) is 0 Å². The molecule has 0 heterocycles. The molecule has 0 radical (unpaired) electrons. The summed E-state index contributed by atoms with van der Waals surface area (Å²) in [6, 6.07) is 15.5. The third kappa shape index (κ3) is 4.30. The van der Waals surface area contributed by atoms with Crippen molar-refractivity contribution in [1.29, 1.82) is 0 Å². The molecule has 23 heavy (non-hydrogen) atoms. The van der Waals surface area contributed by atoms with Crippen molar-refractivity contribution in [2.75, 3.05) is 19.4 Å². The SMILES string of the molecule is CC(=O)Nc1c(/C=C/C(=O)N(C)C)cccc1-c1ccccc1. The largest absolute Gasteiger partial charge is 0.345 e. The lowest BCUT2D eigenvalue weighted by Crippen LogP contribution is -2.18. The molecule has 0 aliphatic heterocycles. The Kier molecular flexibility index (Phi) is 5.31. The first-order valence-corrected chi connectivity index (χ1v) is 7.34. The first-order valence-electron chi connectivity index (χ1n) is 7.34. The van der Waals surface area contributed by atoms with Crippen LogP contribution >= 0.6 is 0 Å². The van der Waals surface area contributed by atoms with Crippen molar-refractivity contribution in [3.63, 3.8) is 0 Å². The molecule has 2 aromatic carbocycles. The lowest BCUT2D eigenvalue weighted by molar-refractivity contribution is -0.123. The Morgan fingerprint density at radius 2 is 1.70 bits per heavy atom. The van der Waals surface area contributed by atoms with E-state index in [1.54, 1.807) is 20.2 Å². The number of nitrogens with one attached hydrogen (secondary N) is 1. The molecule has 0 aliphatic carbocycles. The van der Waals surface area contributed by atoms with Gasteiger partial charge in [0.2, 0.25) is 11.8 Å². The van der Waals surface area contributed by atoms with Crippen molar-refractivity contribution >= 4 is 23.6 Å². The fourth-order valence-corrected chi connectivity index (χ4v) is 2.19. The van der Waals surface area contributed by atoms with Crippen LogP contribution in [0.15, 0.2) is 54.6 Å². The Morgan fingerprint density at radius 3 is 2.30 bits per heavy atom. The maximum Gasteiger partial charge on any atom is 0.246 e. The van der Waals surface area contributed by atoms with Crippen LogP contribution in [0.1, 0.15) is 12.5 Å². The van der Waals surface area contributed by atoms with Crippen molar-refractivity contribution in [3.8, 4) is 11.1 Å². The molecule has 1 N–H and O–H groups in total. The zero-order valence-electron chi connectivity index (χ0n) is 13.5. The van der Waals surface area contributed by atoms with Gasteiger partial charge in [-0.1, -0.05) is 48.5 Å². The third-order valence-corrected chi connectivity index (χ3v) is 3.33. The monoisotopic (exact) mass is 308 g/mol. The van der Waals surface area contributed by atoms with Crippen LogP contribution in [0, 0.1) is 0 Å². The van der Waals surface area contributed by atoms with Gasteiger partial charge in [-0.15, -0.1) is 0 Å². The second kappa shape index (κ2) is 7.40. The summed E-state index contributed by atoms with van der Waals surface area (Å²) < 4.78 is 0. The van der Waals surface area contributed by atoms with Gasteiger partial charge in [-0.05, 0) is 17.2 Å². The van der Waals surface area contributed by atoms with Crippen LogP contribution in [0.25, 0.3) is 17.2 Å². The van der Waals surface area contributed by atoms with E-state index in [2.05, 4.69) is 5.32 Å². The molecule has 0 spiro atoms. The molecule has 0 saturated carbocycles. The Hall–Kier alpha value is -2.88. The average molecular weight is 308 g/mol. The molecule has 0 saturated heterocycles. The van der Waals surface area contributed by atoms with Gasteiger partial charge in [0.1, 0.15) is 0 Å². The number of carbonyl (C=O) groups is 2. The minimum absolute atomic E-state index is 0.108. The van der Waals surface area contributed by atoms with Crippen molar-refractivity contribution in [2.45, 2.75) is 6.92 Å². The predicted octanol–water partition coefficient (Wildman–Crippen LogP) is 3.41. The standard InChI is InChI=1S/C19H20N2O2/c1-14(22)20-19-16(12-13-18(23)21(2)3)10-7-11-17(19)15-8-5-4-6-9-15/h4-13H,1-3H3,(H,20,22)/b13-12+. The van der Waals surface area contributed by atoms with Gasteiger partial charge in [0.05, 0.1) is 5.69 Å².